The minimum absolute atomic E-state index is 0.138. The van der Waals surface area contributed by atoms with Gasteiger partial charge in [-0.05, 0) is 67.6 Å². The van der Waals surface area contributed by atoms with Crippen molar-refractivity contribution in [3.05, 3.63) is 57.6 Å². The predicted molar refractivity (Wildman–Crippen MR) is 118 cm³/mol. The van der Waals surface area contributed by atoms with Crippen LogP contribution in [0.5, 0.6) is 5.75 Å². The summed E-state index contributed by atoms with van der Waals surface area (Å²) in [6.45, 7) is 6.80. The number of carbonyl (C=O) groups excluding carboxylic acids is 1. The third kappa shape index (κ3) is 4.07. The van der Waals surface area contributed by atoms with Crippen molar-refractivity contribution in [2.24, 2.45) is 5.10 Å². The molecule has 1 N–H and O–H groups in total. The molecule has 0 unspecified atom stereocenters. The fourth-order valence-electron chi connectivity index (χ4n) is 3.76. The second-order valence-electron chi connectivity index (χ2n) is 7.84. The largest absolute Gasteiger partial charge is 0.496 e. The monoisotopic (exact) mass is 443 g/mol. The summed E-state index contributed by atoms with van der Waals surface area (Å²) < 4.78 is 6.05. The summed E-state index contributed by atoms with van der Waals surface area (Å²) in [6, 6.07) is 11.6. The van der Waals surface area contributed by atoms with Gasteiger partial charge in [-0.15, -0.1) is 0 Å². The average Bonchev–Trinajstić information content (AvgIpc) is 2.66. The fourth-order valence-corrected chi connectivity index (χ4v) is 4.12. The Balaban J connectivity index is 1.77. The summed E-state index contributed by atoms with van der Waals surface area (Å²) >= 11 is 3.37. The Hall–Kier alpha value is -2.34. The molecule has 28 heavy (non-hydrogen) atoms. The number of ether oxygens (including phenoxy) is 1. The van der Waals surface area contributed by atoms with Crippen molar-refractivity contribution in [2.75, 3.05) is 19.1 Å². The van der Waals surface area contributed by atoms with Gasteiger partial charge in [0.25, 0.3) is 5.91 Å². The quantitative estimate of drug-likeness (QED) is 0.537. The Morgan fingerprint density at radius 3 is 2.79 bits per heavy atom. The van der Waals surface area contributed by atoms with Crippen LogP contribution < -0.4 is 15.1 Å². The van der Waals surface area contributed by atoms with Crippen LogP contribution in [0.2, 0.25) is 0 Å². The molecule has 1 atom stereocenters. The summed E-state index contributed by atoms with van der Waals surface area (Å²) in [6.07, 6.45) is 2.77. The summed E-state index contributed by atoms with van der Waals surface area (Å²) in [5.41, 5.74) is 6.67. The van der Waals surface area contributed by atoms with Gasteiger partial charge in [0.15, 0.2) is 0 Å². The van der Waals surface area contributed by atoms with Gasteiger partial charge in [-0.2, -0.15) is 5.10 Å². The van der Waals surface area contributed by atoms with Crippen molar-refractivity contribution < 1.29 is 9.53 Å². The van der Waals surface area contributed by atoms with Gasteiger partial charge in [0.2, 0.25) is 0 Å². The molecule has 0 bridgehead atoms. The molecule has 5 nitrogen and oxygen atoms in total. The Labute approximate surface area is 174 Å². The number of halogens is 1. The van der Waals surface area contributed by atoms with Crippen LogP contribution in [0.3, 0.4) is 0 Å². The zero-order valence-corrected chi connectivity index (χ0v) is 18.5. The molecule has 0 spiro atoms. The van der Waals surface area contributed by atoms with E-state index < -0.39 is 0 Å². The predicted octanol–water partition coefficient (Wildman–Crippen LogP) is 4.94. The number of rotatable bonds is 4. The van der Waals surface area contributed by atoms with E-state index in [1.54, 1.807) is 18.3 Å². The highest BCUT2D eigenvalue weighted by Crippen LogP contribution is 2.42. The lowest BCUT2D eigenvalue weighted by Crippen LogP contribution is -2.45. The molecule has 1 amide bonds. The normalized spacial score (nSPS) is 18.1. The minimum atomic E-state index is -0.317. The summed E-state index contributed by atoms with van der Waals surface area (Å²) in [5.74, 6) is 0.654. The zero-order chi connectivity index (χ0) is 20.5. The summed E-state index contributed by atoms with van der Waals surface area (Å²) in [7, 11) is 3.68. The van der Waals surface area contributed by atoms with Crippen LogP contribution in [0.15, 0.2) is 46.0 Å². The second-order valence-corrected chi connectivity index (χ2v) is 8.75. The Bertz CT molecular complexity index is 924. The van der Waals surface area contributed by atoms with E-state index in [4.69, 9.17) is 4.74 Å². The molecule has 6 heteroatoms. The first-order chi connectivity index (χ1) is 13.2. The van der Waals surface area contributed by atoms with E-state index in [9.17, 15) is 4.79 Å². The van der Waals surface area contributed by atoms with E-state index in [0.717, 1.165) is 16.5 Å². The van der Waals surface area contributed by atoms with Gasteiger partial charge < -0.3 is 9.64 Å². The number of nitrogens with one attached hydrogen (secondary N) is 1. The molecule has 0 saturated heterocycles. The smallest absolute Gasteiger partial charge is 0.275 e. The summed E-state index contributed by atoms with van der Waals surface area (Å²) in [4.78, 5) is 14.8. The number of benzene rings is 2. The van der Waals surface area contributed by atoms with Crippen molar-refractivity contribution >= 4 is 33.7 Å². The van der Waals surface area contributed by atoms with Crippen molar-refractivity contribution in [1.82, 2.24) is 5.43 Å². The number of nitrogens with zero attached hydrogens (tertiary/aromatic N) is 2. The number of hydrogen-bond donors (Lipinski definition) is 1. The maximum absolute atomic E-state index is 12.4. The molecule has 0 aromatic heterocycles. The van der Waals surface area contributed by atoms with Gasteiger partial charge in [0, 0.05) is 22.7 Å². The molecule has 148 valence electrons. The van der Waals surface area contributed by atoms with Gasteiger partial charge in [-0.3, -0.25) is 4.79 Å². The topological polar surface area (TPSA) is 53.9 Å². The molecular weight excluding hydrogens is 418 g/mol. The molecule has 1 aliphatic rings. The van der Waals surface area contributed by atoms with Gasteiger partial charge >= 0.3 is 0 Å². The molecule has 0 fully saturated rings. The van der Waals surface area contributed by atoms with Crippen LogP contribution >= 0.6 is 15.9 Å². The van der Waals surface area contributed by atoms with Gasteiger partial charge in [-0.1, -0.05) is 28.9 Å². The zero-order valence-electron chi connectivity index (χ0n) is 16.9. The van der Waals surface area contributed by atoms with Crippen LogP contribution in [-0.4, -0.2) is 31.8 Å². The van der Waals surface area contributed by atoms with E-state index >= 15 is 0 Å². The second kappa shape index (κ2) is 7.95. The van der Waals surface area contributed by atoms with Crippen molar-refractivity contribution in [3.8, 4) is 5.75 Å². The van der Waals surface area contributed by atoms with Gasteiger partial charge in [-0.25, -0.2) is 5.43 Å². The van der Waals surface area contributed by atoms with Crippen molar-refractivity contribution in [2.45, 2.75) is 38.6 Å². The van der Waals surface area contributed by atoms with E-state index in [1.807, 2.05) is 12.1 Å². The van der Waals surface area contributed by atoms with Gasteiger partial charge in [0.05, 0.1) is 18.9 Å². The molecule has 1 aliphatic heterocycles. The van der Waals surface area contributed by atoms with E-state index in [-0.39, 0.29) is 11.4 Å². The van der Waals surface area contributed by atoms with E-state index in [2.05, 4.69) is 71.3 Å². The van der Waals surface area contributed by atoms with Crippen LogP contribution in [0.1, 0.15) is 54.6 Å². The Kier molecular flexibility index (Phi) is 5.79. The third-order valence-electron chi connectivity index (χ3n) is 5.44. The fraction of sp³-hybridized carbons (Fsp3) is 0.364. The number of anilines is 1. The highest BCUT2D eigenvalue weighted by molar-refractivity contribution is 9.10. The minimum Gasteiger partial charge on any atom is -0.496 e. The number of methoxy groups -OCH3 is 1. The van der Waals surface area contributed by atoms with E-state index in [1.165, 1.54) is 18.4 Å². The summed E-state index contributed by atoms with van der Waals surface area (Å²) in [5, 5.41) is 4.14. The first-order valence-electron chi connectivity index (χ1n) is 9.27. The SMILES string of the molecule is COc1ccc(Br)cc1C(=O)N/N=C\c1ccc2c(c1)[C@H](C)CC(C)(C)N2C. The Morgan fingerprint density at radius 1 is 1.32 bits per heavy atom. The third-order valence-corrected chi connectivity index (χ3v) is 5.94. The molecule has 2 aromatic carbocycles. The first-order valence-corrected chi connectivity index (χ1v) is 10.1. The molecule has 0 radical (unpaired) electrons. The standard InChI is InChI=1S/C22H26BrN3O2/c1-14-12-22(2,3)26(4)19-8-6-15(10-17(14)19)13-24-25-21(27)18-11-16(23)7-9-20(18)28-5/h6-11,13-14H,12H2,1-5H3,(H,25,27)/b24-13-/t14-/m1/s1. The van der Waals surface area contributed by atoms with Crippen molar-refractivity contribution in [1.29, 1.82) is 0 Å². The molecule has 0 saturated carbocycles. The molecule has 2 aromatic rings. The number of hydrazone groups is 1. The van der Waals surface area contributed by atoms with E-state index in [0.29, 0.717) is 17.2 Å². The Morgan fingerprint density at radius 2 is 2.07 bits per heavy atom. The lowest BCUT2D eigenvalue weighted by molar-refractivity contribution is 0.0952. The van der Waals surface area contributed by atoms with Crippen LogP contribution in [0.4, 0.5) is 5.69 Å². The highest BCUT2D eigenvalue weighted by Gasteiger charge is 2.33. The molecule has 1 heterocycles. The molecule has 0 aliphatic carbocycles. The number of carbonyl (C=O) groups is 1. The molecular formula is C22H26BrN3O2. The maximum atomic E-state index is 12.4. The van der Waals surface area contributed by atoms with Crippen molar-refractivity contribution in [3.63, 3.8) is 0 Å². The number of amides is 1. The van der Waals surface area contributed by atoms with Gasteiger partial charge in [0.1, 0.15) is 5.75 Å². The highest BCUT2D eigenvalue weighted by atomic mass is 79.9. The number of hydrogen-bond acceptors (Lipinski definition) is 4. The lowest BCUT2D eigenvalue weighted by atomic mass is 9.80. The lowest BCUT2D eigenvalue weighted by Gasteiger charge is -2.45. The average molecular weight is 444 g/mol. The van der Waals surface area contributed by atoms with Crippen LogP contribution in [0.25, 0.3) is 0 Å². The number of fused-ring (bicyclic) bond motifs is 1. The first kappa shape index (κ1) is 20.4. The maximum Gasteiger partial charge on any atom is 0.275 e. The van der Waals surface area contributed by atoms with Crippen LogP contribution in [0, 0.1) is 0 Å². The van der Waals surface area contributed by atoms with Crippen LogP contribution in [-0.2, 0) is 0 Å². The molecule has 3 rings (SSSR count).